The van der Waals surface area contributed by atoms with Gasteiger partial charge in [-0.3, -0.25) is 14.5 Å². The molecule has 0 unspecified atom stereocenters. The third-order valence-electron chi connectivity index (χ3n) is 3.34. The lowest BCUT2D eigenvalue weighted by atomic mass is 10.2. The molecule has 1 aliphatic rings. The summed E-state index contributed by atoms with van der Waals surface area (Å²) in [6.07, 6.45) is 2.03. The summed E-state index contributed by atoms with van der Waals surface area (Å²) in [4.78, 5) is 24.6. The smallest absolute Gasteiger partial charge is 0.304 e. The molecular weight excluding hydrogens is 270 g/mol. The fraction of sp³-hybridized carbons (Fsp3) is 0.400. The van der Waals surface area contributed by atoms with E-state index in [1.165, 1.54) is 0 Å². The molecule has 110 valence electrons. The fourth-order valence-corrected chi connectivity index (χ4v) is 2.13. The number of carboxylic acids is 1. The molecule has 2 N–H and O–H groups in total. The van der Waals surface area contributed by atoms with Crippen LogP contribution in [0, 0.1) is 11.3 Å². The summed E-state index contributed by atoms with van der Waals surface area (Å²) < 4.78 is 0. The van der Waals surface area contributed by atoms with Crippen molar-refractivity contribution in [1.82, 2.24) is 4.90 Å². The van der Waals surface area contributed by atoms with Crippen molar-refractivity contribution >= 4 is 17.6 Å². The molecule has 1 aliphatic carbocycles. The third kappa shape index (κ3) is 4.58. The number of carboxylic acid groups (broad SMARTS) is 1. The zero-order valence-corrected chi connectivity index (χ0v) is 11.6. The maximum atomic E-state index is 12.1. The van der Waals surface area contributed by atoms with Gasteiger partial charge in [-0.1, -0.05) is 12.1 Å². The highest BCUT2D eigenvalue weighted by atomic mass is 16.4. The van der Waals surface area contributed by atoms with Crippen molar-refractivity contribution in [3.05, 3.63) is 29.8 Å². The summed E-state index contributed by atoms with van der Waals surface area (Å²) in [5.41, 5.74) is 0.897. The van der Waals surface area contributed by atoms with E-state index in [2.05, 4.69) is 5.32 Å². The molecule has 0 heterocycles. The Morgan fingerprint density at radius 3 is 2.71 bits per heavy atom. The minimum Gasteiger partial charge on any atom is -0.481 e. The number of hydrogen-bond acceptors (Lipinski definition) is 4. The minimum atomic E-state index is -0.865. The minimum absolute atomic E-state index is 0.0264. The summed E-state index contributed by atoms with van der Waals surface area (Å²) in [7, 11) is 0. The van der Waals surface area contributed by atoms with Crippen LogP contribution in [0.2, 0.25) is 0 Å². The molecule has 0 aromatic heterocycles. The van der Waals surface area contributed by atoms with Crippen LogP contribution in [0.25, 0.3) is 0 Å². The number of nitrogens with zero attached hydrogens (tertiary/aromatic N) is 2. The van der Waals surface area contributed by atoms with Crippen LogP contribution in [0.4, 0.5) is 5.69 Å². The van der Waals surface area contributed by atoms with Gasteiger partial charge in [0, 0.05) is 12.6 Å². The van der Waals surface area contributed by atoms with E-state index in [0.717, 1.165) is 12.8 Å². The van der Waals surface area contributed by atoms with Crippen LogP contribution in [-0.4, -0.2) is 41.0 Å². The van der Waals surface area contributed by atoms with E-state index < -0.39 is 5.97 Å². The third-order valence-corrected chi connectivity index (χ3v) is 3.34. The average molecular weight is 287 g/mol. The topological polar surface area (TPSA) is 93.4 Å². The number of benzene rings is 1. The van der Waals surface area contributed by atoms with Crippen molar-refractivity contribution in [2.45, 2.75) is 25.3 Å². The van der Waals surface area contributed by atoms with Crippen molar-refractivity contribution < 1.29 is 14.7 Å². The zero-order valence-electron chi connectivity index (χ0n) is 11.6. The van der Waals surface area contributed by atoms with Crippen molar-refractivity contribution in [2.75, 3.05) is 18.4 Å². The zero-order chi connectivity index (χ0) is 15.2. The molecule has 21 heavy (non-hydrogen) atoms. The first-order chi connectivity index (χ1) is 10.1. The molecule has 6 heteroatoms. The number of anilines is 1. The summed E-state index contributed by atoms with van der Waals surface area (Å²) in [5, 5.41) is 20.4. The molecule has 0 aliphatic heterocycles. The number of nitriles is 1. The molecule has 0 bridgehead atoms. The average Bonchev–Trinajstić information content (AvgIpc) is 3.28. The van der Waals surface area contributed by atoms with Gasteiger partial charge in [0.25, 0.3) is 0 Å². The highest BCUT2D eigenvalue weighted by molar-refractivity contribution is 5.93. The van der Waals surface area contributed by atoms with Gasteiger partial charge in [-0.15, -0.1) is 0 Å². The van der Waals surface area contributed by atoms with Crippen LogP contribution in [-0.2, 0) is 9.59 Å². The first kappa shape index (κ1) is 15.0. The lowest BCUT2D eigenvalue weighted by Crippen LogP contribution is -2.36. The molecule has 0 radical (unpaired) electrons. The van der Waals surface area contributed by atoms with Crippen LogP contribution in [0.5, 0.6) is 0 Å². The van der Waals surface area contributed by atoms with Crippen LogP contribution < -0.4 is 5.32 Å². The van der Waals surface area contributed by atoms with Crippen LogP contribution in [0.15, 0.2) is 24.3 Å². The number of hydrogen-bond donors (Lipinski definition) is 2. The molecule has 1 aromatic rings. The molecule has 0 saturated heterocycles. The van der Waals surface area contributed by atoms with E-state index in [-0.39, 0.29) is 18.9 Å². The van der Waals surface area contributed by atoms with Crippen molar-refractivity contribution in [1.29, 1.82) is 5.26 Å². The standard InChI is InChI=1S/C15H17N3O3/c16-9-11-3-1-2-4-13(11)17-14(19)10-18(12-5-6-12)8-7-15(20)21/h1-4,12H,5-8,10H2,(H,17,19)(H,20,21). The van der Waals surface area contributed by atoms with E-state index in [1.807, 2.05) is 11.0 Å². The monoisotopic (exact) mass is 287 g/mol. The van der Waals surface area contributed by atoms with Crippen LogP contribution >= 0.6 is 0 Å². The van der Waals surface area contributed by atoms with Gasteiger partial charge in [0.15, 0.2) is 0 Å². The lowest BCUT2D eigenvalue weighted by molar-refractivity contribution is -0.137. The number of amides is 1. The van der Waals surface area contributed by atoms with E-state index in [1.54, 1.807) is 24.3 Å². The fourth-order valence-electron chi connectivity index (χ4n) is 2.13. The second kappa shape index (κ2) is 6.86. The summed E-state index contributed by atoms with van der Waals surface area (Å²) in [5.74, 6) is -1.09. The van der Waals surface area contributed by atoms with Crippen LogP contribution in [0.3, 0.4) is 0 Å². The van der Waals surface area contributed by atoms with Crippen molar-refractivity contribution in [2.24, 2.45) is 0 Å². The van der Waals surface area contributed by atoms with Gasteiger partial charge in [-0.2, -0.15) is 5.26 Å². The number of rotatable bonds is 7. The number of nitrogens with one attached hydrogen (secondary N) is 1. The highest BCUT2D eigenvalue weighted by Crippen LogP contribution is 2.26. The van der Waals surface area contributed by atoms with Gasteiger partial charge in [0.05, 0.1) is 24.2 Å². The van der Waals surface area contributed by atoms with E-state index in [0.29, 0.717) is 23.8 Å². The predicted molar refractivity (Wildman–Crippen MR) is 76.6 cm³/mol. The summed E-state index contributed by atoms with van der Waals surface area (Å²) in [6, 6.07) is 9.13. The summed E-state index contributed by atoms with van der Waals surface area (Å²) in [6.45, 7) is 0.519. The van der Waals surface area contributed by atoms with Gasteiger partial charge >= 0.3 is 5.97 Å². The Labute approximate surface area is 123 Å². The highest BCUT2D eigenvalue weighted by Gasteiger charge is 2.30. The Morgan fingerprint density at radius 2 is 2.10 bits per heavy atom. The number of carbonyl (C=O) groups excluding carboxylic acids is 1. The maximum absolute atomic E-state index is 12.1. The van der Waals surface area contributed by atoms with Crippen LogP contribution in [0.1, 0.15) is 24.8 Å². The molecule has 1 aromatic carbocycles. The van der Waals surface area contributed by atoms with Crippen molar-refractivity contribution in [3.8, 4) is 6.07 Å². The van der Waals surface area contributed by atoms with Crippen molar-refractivity contribution in [3.63, 3.8) is 0 Å². The van der Waals surface area contributed by atoms with E-state index in [9.17, 15) is 9.59 Å². The SMILES string of the molecule is N#Cc1ccccc1NC(=O)CN(CCC(=O)O)C1CC1. The first-order valence-electron chi connectivity index (χ1n) is 6.85. The quantitative estimate of drug-likeness (QED) is 0.791. The predicted octanol–water partition coefficient (Wildman–Crippen LogP) is 1.44. The maximum Gasteiger partial charge on any atom is 0.304 e. The Morgan fingerprint density at radius 1 is 1.38 bits per heavy atom. The number of aliphatic carboxylic acids is 1. The molecule has 1 saturated carbocycles. The lowest BCUT2D eigenvalue weighted by Gasteiger charge is -2.20. The van der Waals surface area contributed by atoms with Gasteiger partial charge in [-0.05, 0) is 25.0 Å². The van der Waals surface area contributed by atoms with E-state index in [4.69, 9.17) is 10.4 Å². The second-order valence-electron chi connectivity index (χ2n) is 5.05. The number of para-hydroxylation sites is 1. The molecule has 1 amide bonds. The van der Waals surface area contributed by atoms with Gasteiger partial charge in [-0.25, -0.2) is 0 Å². The normalized spacial score (nSPS) is 13.7. The molecule has 0 atom stereocenters. The Hall–Kier alpha value is -2.39. The molecular formula is C15H17N3O3. The summed E-state index contributed by atoms with van der Waals surface area (Å²) >= 11 is 0. The molecule has 0 spiro atoms. The van der Waals surface area contributed by atoms with Gasteiger partial charge < -0.3 is 10.4 Å². The van der Waals surface area contributed by atoms with Gasteiger partial charge in [0.1, 0.15) is 6.07 Å². The largest absolute Gasteiger partial charge is 0.481 e. The molecule has 6 nitrogen and oxygen atoms in total. The second-order valence-corrected chi connectivity index (χ2v) is 5.05. The first-order valence-corrected chi connectivity index (χ1v) is 6.85. The number of carbonyl (C=O) groups is 2. The van der Waals surface area contributed by atoms with Gasteiger partial charge in [0.2, 0.25) is 5.91 Å². The Kier molecular flexibility index (Phi) is 4.90. The van der Waals surface area contributed by atoms with E-state index >= 15 is 0 Å². The Bertz CT molecular complexity index is 576. The Balaban J connectivity index is 1.93. The molecule has 2 rings (SSSR count). The molecule has 1 fully saturated rings.